The first-order valence-corrected chi connectivity index (χ1v) is 6.64. The number of hydrogen-bond acceptors (Lipinski definition) is 2. The molecule has 1 aliphatic rings. The molecule has 0 bridgehead atoms. The summed E-state index contributed by atoms with van der Waals surface area (Å²) in [5, 5.41) is 0.705. The lowest BCUT2D eigenvalue weighted by Crippen LogP contribution is -2.41. The molecule has 2 rings (SSSR count). The first kappa shape index (κ1) is 13.9. The molecule has 1 aliphatic heterocycles. The van der Waals surface area contributed by atoms with Crippen LogP contribution in [0.2, 0.25) is 5.02 Å². The second kappa shape index (κ2) is 4.26. The number of hydrogen-bond donors (Lipinski definition) is 0. The van der Waals surface area contributed by atoms with Crippen molar-refractivity contribution in [1.82, 2.24) is 0 Å². The molecule has 1 aromatic rings. The first-order chi connectivity index (χ1) is 8.14. The fourth-order valence-corrected chi connectivity index (χ4v) is 2.26. The summed E-state index contributed by atoms with van der Waals surface area (Å²) in [6.07, 6.45) is 0. The van der Waals surface area contributed by atoms with Crippen LogP contribution in [0.5, 0.6) is 0 Å². The Morgan fingerprint density at radius 2 is 1.39 bits per heavy atom. The molecular weight excluding hydrogens is 246 g/mol. The van der Waals surface area contributed by atoms with Gasteiger partial charge >= 0.3 is 7.12 Å². The van der Waals surface area contributed by atoms with Crippen LogP contribution in [-0.4, -0.2) is 18.3 Å². The molecule has 0 amide bonds. The van der Waals surface area contributed by atoms with Crippen LogP contribution < -0.4 is 5.46 Å². The van der Waals surface area contributed by atoms with Crippen LogP contribution in [0.1, 0.15) is 38.8 Å². The van der Waals surface area contributed by atoms with Crippen LogP contribution in [0.25, 0.3) is 0 Å². The maximum atomic E-state index is 6.31. The van der Waals surface area contributed by atoms with E-state index in [2.05, 4.69) is 19.9 Å². The van der Waals surface area contributed by atoms with Crippen molar-refractivity contribution < 1.29 is 9.31 Å². The summed E-state index contributed by atoms with van der Waals surface area (Å²) >= 11 is 6.31. The lowest BCUT2D eigenvalue weighted by Gasteiger charge is -2.32. The molecule has 1 fully saturated rings. The zero-order valence-electron chi connectivity index (χ0n) is 11.9. The summed E-state index contributed by atoms with van der Waals surface area (Å²) in [5.74, 6) is 0. The predicted octanol–water partition coefficient (Wildman–Crippen LogP) is 3.26. The molecule has 0 unspecified atom stereocenters. The molecule has 98 valence electrons. The van der Waals surface area contributed by atoms with Crippen molar-refractivity contribution >= 4 is 24.2 Å². The Morgan fingerprint density at radius 1 is 0.944 bits per heavy atom. The van der Waals surface area contributed by atoms with Gasteiger partial charge in [0.25, 0.3) is 0 Å². The van der Waals surface area contributed by atoms with Crippen LogP contribution in [0.3, 0.4) is 0 Å². The lowest BCUT2D eigenvalue weighted by molar-refractivity contribution is 0.00578. The predicted molar refractivity (Wildman–Crippen MR) is 76.6 cm³/mol. The Hall–Kier alpha value is -0.505. The van der Waals surface area contributed by atoms with Gasteiger partial charge in [-0.15, -0.1) is 0 Å². The largest absolute Gasteiger partial charge is 0.496 e. The van der Waals surface area contributed by atoms with Gasteiger partial charge in [0.15, 0.2) is 0 Å². The highest BCUT2D eigenvalue weighted by molar-refractivity contribution is 6.65. The molecule has 0 aliphatic carbocycles. The van der Waals surface area contributed by atoms with Crippen LogP contribution >= 0.6 is 11.6 Å². The normalized spacial score (nSPS) is 21.4. The van der Waals surface area contributed by atoms with E-state index in [4.69, 9.17) is 20.9 Å². The highest BCUT2D eigenvalue weighted by atomic mass is 35.5. The van der Waals surface area contributed by atoms with E-state index in [1.54, 1.807) is 0 Å². The first-order valence-electron chi connectivity index (χ1n) is 6.26. The van der Waals surface area contributed by atoms with E-state index >= 15 is 0 Å². The second-order valence-electron chi connectivity index (χ2n) is 6.05. The summed E-state index contributed by atoms with van der Waals surface area (Å²) in [5.41, 5.74) is 2.63. The highest BCUT2D eigenvalue weighted by Gasteiger charge is 2.52. The van der Waals surface area contributed by atoms with E-state index < -0.39 is 0 Å². The van der Waals surface area contributed by atoms with Crippen LogP contribution in [0.15, 0.2) is 12.1 Å². The molecule has 0 aromatic heterocycles. The number of benzene rings is 1. The smallest absolute Gasteiger partial charge is 0.399 e. The quantitative estimate of drug-likeness (QED) is 0.727. The average Bonchev–Trinajstić information content (AvgIpc) is 2.42. The number of halogens is 1. The van der Waals surface area contributed by atoms with Crippen molar-refractivity contribution in [2.75, 3.05) is 0 Å². The minimum absolute atomic E-state index is 0.334. The molecular formula is C14H20BClO2. The van der Waals surface area contributed by atoms with Crippen molar-refractivity contribution in [3.05, 3.63) is 28.3 Å². The Balaban J connectivity index is 2.38. The van der Waals surface area contributed by atoms with Gasteiger partial charge in [-0.3, -0.25) is 0 Å². The van der Waals surface area contributed by atoms with Crippen LogP contribution in [0.4, 0.5) is 0 Å². The third-order valence-corrected chi connectivity index (χ3v) is 4.45. The summed E-state index contributed by atoms with van der Waals surface area (Å²) in [6, 6.07) is 4.02. The zero-order chi connectivity index (χ0) is 13.7. The molecule has 0 radical (unpaired) electrons. The van der Waals surface area contributed by atoms with Gasteiger partial charge in [0.2, 0.25) is 0 Å². The summed E-state index contributed by atoms with van der Waals surface area (Å²) in [6.45, 7) is 12.3. The molecule has 0 atom stereocenters. The van der Waals surface area contributed by atoms with Gasteiger partial charge in [-0.1, -0.05) is 17.7 Å². The average molecular weight is 267 g/mol. The zero-order valence-corrected chi connectivity index (χ0v) is 12.7. The Kier molecular flexibility index (Phi) is 3.29. The second-order valence-corrected chi connectivity index (χ2v) is 6.45. The van der Waals surface area contributed by atoms with Crippen molar-refractivity contribution in [2.45, 2.75) is 52.7 Å². The van der Waals surface area contributed by atoms with Crippen molar-refractivity contribution in [1.29, 1.82) is 0 Å². The van der Waals surface area contributed by atoms with Crippen molar-refractivity contribution in [2.24, 2.45) is 0 Å². The maximum absolute atomic E-state index is 6.31. The van der Waals surface area contributed by atoms with Gasteiger partial charge in [0.1, 0.15) is 0 Å². The van der Waals surface area contributed by atoms with Crippen LogP contribution in [-0.2, 0) is 9.31 Å². The van der Waals surface area contributed by atoms with E-state index in [1.165, 1.54) is 11.1 Å². The standard InChI is InChI=1S/C14H20BClO2/c1-9-7-11(12(16)8-10(9)2)15-17-13(3,4)14(5,6)18-15/h7-8H,1-6H3. The topological polar surface area (TPSA) is 18.5 Å². The molecule has 0 saturated carbocycles. The van der Waals surface area contributed by atoms with Gasteiger partial charge in [-0.05, 0) is 58.7 Å². The van der Waals surface area contributed by atoms with E-state index in [-0.39, 0.29) is 18.3 Å². The molecule has 0 spiro atoms. The van der Waals surface area contributed by atoms with E-state index in [9.17, 15) is 0 Å². The minimum Gasteiger partial charge on any atom is -0.399 e. The van der Waals surface area contributed by atoms with E-state index in [1.807, 2.05) is 33.8 Å². The highest BCUT2D eigenvalue weighted by Crippen LogP contribution is 2.37. The fraction of sp³-hybridized carbons (Fsp3) is 0.571. The minimum atomic E-state index is -0.387. The summed E-state index contributed by atoms with van der Waals surface area (Å²) in [4.78, 5) is 0. The number of aryl methyl sites for hydroxylation is 2. The van der Waals surface area contributed by atoms with Crippen LogP contribution in [0, 0.1) is 13.8 Å². The van der Waals surface area contributed by atoms with E-state index in [0.29, 0.717) is 5.02 Å². The maximum Gasteiger partial charge on any atom is 0.496 e. The molecule has 4 heteroatoms. The van der Waals surface area contributed by atoms with Crippen molar-refractivity contribution in [3.63, 3.8) is 0 Å². The monoisotopic (exact) mass is 266 g/mol. The number of rotatable bonds is 1. The van der Waals surface area contributed by atoms with Gasteiger partial charge in [0, 0.05) is 10.5 Å². The van der Waals surface area contributed by atoms with Gasteiger partial charge < -0.3 is 9.31 Å². The van der Waals surface area contributed by atoms with Gasteiger partial charge in [-0.25, -0.2) is 0 Å². The van der Waals surface area contributed by atoms with Gasteiger partial charge in [0.05, 0.1) is 11.2 Å². The lowest BCUT2D eigenvalue weighted by atomic mass is 9.78. The Bertz CT molecular complexity index is 467. The molecule has 0 N–H and O–H groups in total. The van der Waals surface area contributed by atoms with Crippen molar-refractivity contribution in [3.8, 4) is 0 Å². The molecule has 2 nitrogen and oxygen atoms in total. The molecule has 1 heterocycles. The molecule has 1 aromatic carbocycles. The SMILES string of the molecule is Cc1cc(Cl)c(B2OC(C)(C)C(C)(C)O2)cc1C. The summed E-state index contributed by atoms with van der Waals surface area (Å²) in [7, 11) is -0.387. The van der Waals surface area contributed by atoms with E-state index in [0.717, 1.165) is 5.46 Å². The summed E-state index contributed by atoms with van der Waals surface area (Å²) < 4.78 is 12.0. The van der Waals surface area contributed by atoms with Gasteiger partial charge in [-0.2, -0.15) is 0 Å². The third-order valence-electron chi connectivity index (χ3n) is 4.12. The Morgan fingerprint density at radius 3 is 1.89 bits per heavy atom. The Labute approximate surface area is 115 Å². The third kappa shape index (κ3) is 2.20. The fourth-order valence-electron chi connectivity index (χ4n) is 1.95. The molecule has 1 saturated heterocycles. The molecule has 18 heavy (non-hydrogen) atoms.